The number of hydrogen-bond donors (Lipinski definition) is 1. The number of furan rings is 1. The highest BCUT2D eigenvalue weighted by Gasteiger charge is 2.16. The second-order valence-corrected chi connectivity index (χ2v) is 8.06. The molecule has 6 heteroatoms. The Morgan fingerprint density at radius 3 is 2.40 bits per heavy atom. The Balaban J connectivity index is 1.62. The number of rotatable bonds is 4. The fourth-order valence-electron chi connectivity index (χ4n) is 3.69. The van der Waals surface area contributed by atoms with Gasteiger partial charge in [0, 0.05) is 28.8 Å². The van der Waals surface area contributed by atoms with Crippen LogP contribution in [-0.4, -0.2) is 5.91 Å². The number of hydrogen-bond acceptors (Lipinski definition) is 4. The molecule has 0 atom stereocenters. The van der Waals surface area contributed by atoms with Crippen LogP contribution in [0.3, 0.4) is 0 Å². The highest BCUT2D eigenvalue weighted by Crippen LogP contribution is 2.31. The van der Waals surface area contributed by atoms with E-state index in [2.05, 4.69) is 5.32 Å². The lowest BCUT2D eigenvalue weighted by molar-refractivity contribution is -0.116. The third-order valence-corrected chi connectivity index (χ3v) is 5.90. The highest BCUT2D eigenvalue weighted by molar-refractivity contribution is 6.33. The second-order valence-electron chi connectivity index (χ2n) is 7.65. The Bertz CT molecular complexity index is 1360. The first-order valence-corrected chi connectivity index (χ1v) is 10.1. The monoisotopic (exact) mass is 423 g/mol. The summed E-state index contributed by atoms with van der Waals surface area (Å²) in [7, 11) is 0. The first kappa shape index (κ1) is 20.2. The maximum Gasteiger partial charge on any atom is 0.339 e. The lowest BCUT2D eigenvalue weighted by Crippen LogP contribution is -2.16. The molecule has 0 aliphatic heterocycles. The number of nitrogens with one attached hydrogen (secondary N) is 1. The molecule has 0 aliphatic carbocycles. The molecule has 30 heavy (non-hydrogen) atoms. The molecule has 0 unspecified atom stereocenters. The summed E-state index contributed by atoms with van der Waals surface area (Å²) in [5.41, 5.74) is 4.71. The summed E-state index contributed by atoms with van der Waals surface area (Å²) < 4.78 is 11.3. The van der Waals surface area contributed by atoms with Gasteiger partial charge in [-0.25, -0.2) is 4.79 Å². The van der Waals surface area contributed by atoms with Crippen LogP contribution < -0.4 is 10.9 Å². The molecule has 2 aromatic heterocycles. The minimum Gasteiger partial charge on any atom is -0.461 e. The zero-order valence-electron chi connectivity index (χ0n) is 17.3. The molecule has 2 aromatic carbocycles. The Morgan fingerprint density at radius 1 is 0.967 bits per heavy atom. The van der Waals surface area contributed by atoms with Gasteiger partial charge in [0.2, 0.25) is 5.91 Å². The van der Waals surface area contributed by atoms with Crippen LogP contribution in [0.15, 0.2) is 44.0 Å². The van der Waals surface area contributed by atoms with Crippen molar-refractivity contribution in [1.82, 2.24) is 0 Å². The minimum atomic E-state index is -0.430. The molecule has 5 nitrogen and oxygen atoms in total. The minimum absolute atomic E-state index is 0.146. The Morgan fingerprint density at radius 2 is 1.67 bits per heavy atom. The van der Waals surface area contributed by atoms with E-state index in [0.717, 1.165) is 33.2 Å². The lowest BCUT2D eigenvalue weighted by atomic mass is 10.0. The van der Waals surface area contributed by atoms with E-state index in [0.29, 0.717) is 27.4 Å². The highest BCUT2D eigenvalue weighted by atomic mass is 35.5. The number of halogens is 1. The van der Waals surface area contributed by atoms with Crippen LogP contribution in [0, 0.1) is 27.7 Å². The topological polar surface area (TPSA) is 72.5 Å². The summed E-state index contributed by atoms with van der Waals surface area (Å²) >= 11 is 6.18. The van der Waals surface area contributed by atoms with Crippen LogP contribution in [0.2, 0.25) is 5.02 Å². The molecule has 0 saturated carbocycles. The number of carbonyl (C=O) groups is 1. The summed E-state index contributed by atoms with van der Waals surface area (Å²) in [6, 6.07) is 9.19. The van der Waals surface area contributed by atoms with Gasteiger partial charge in [0.1, 0.15) is 16.9 Å². The van der Waals surface area contributed by atoms with Gasteiger partial charge < -0.3 is 14.2 Å². The second kappa shape index (κ2) is 7.65. The average molecular weight is 424 g/mol. The number of fused-ring (bicyclic) bond motifs is 2. The molecule has 0 fully saturated rings. The summed E-state index contributed by atoms with van der Waals surface area (Å²) in [5.74, 6) is 0.628. The molecule has 0 aliphatic rings. The number of amides is 1. The van der Waals surface area contributed by atoms with Crippen molar-refractivity contribution in [3.8, 4) is 0 Å². The van der Waals surface area contributed by atoms with Crippen molar-refractivity contribution in [1.29, 1.82) is 0 Å². The molecule has 0 bridgehead atoms. The average Bonchev–Trinajstić information content (AvgIpc) is 2.96. The molecule has 1 amide bonds. The molecule has 4 rings (SSSR count). The van der Waals surface area contributed by atoms with Gasteiger partial charge in [-0.3, -0.25) is 4.79 Å². The van der Waals surface area contributed by atoms with Crippen LogP contribution in [0.4, 0.5) is 5.69 Å². The van der Waals surface area contributed by atoms with E-state index >= 15 is 0 Å². The van der Waals surface area contributed by atoms with Gasteiger partial charge in [-0.05, 0) is 69.0 Å². The first-order chi connectivity index (χ1) is 14.2. The van der Waals surface area contributed by atoms with Crippen LogP contribution >= 0.6 is 11.6 Å². The normalized spacial score (nSPS) is 11.4. The molecule has 4 aromatic rings. The standard InChI is InChI=1S/C24H22ClNO4/c1-12-5-7-20(19(25)9-12)26-23(27)8-6-16-14(3)18-10-17-13(2)15(4)29-21(17)11-22(18)30-24(16)28/h5,7,9-11H,6,8H2,1-4H3,(H,26,27). The SMILES string of the molecule is Cc1ccc(NC(=O)CCc2c(C)c3cc4c(C)c(C)oc4cc3oc2=O)c(Cl)c1. The predicted octanol–water partition coefficient (Wildman–Crippen LogP) is 6.00. The van der Waals surface area contributed by atoms with E-state index in [9.17, 15) is 9.59 Å². The van der Waals surface area contributed by atoms with Crippen molar-refractivity contribution in [3.05, 3.63) is 73.8 Å². The van der Waals surface area contributed by atoms with Crippen molar-refractivity contribution in [2.75, 3.05) is 5.32 Å². The van der Waals surface area contributed by atoms with Crippen LogP contribution in [0.25, 0.3) is 21.9 Å². The quantitative estimate of drug-likeness (QED) is 0.409. The van der Waals surface area contributed by atoms with Crippen molar-refractivity contribution in [2.24, 2.45) is 0 Å². The van der Waals surface area contributed by atoms with E-state index in [1.165, 1.54) is 0 Å². The van der Waals surface area contributed by atoms with Gasteiger partial charge in [-0.1, -0.05) is 17.7 Å². The smallest absolute Gasteiger partial charge is 0.339 e. The fourth-order valence-corrected chi connectivity index (χ4v) is 3.97. The molecular weight excluding hydrogens is 402 g/mol. The molecule has 0 radical (unpaired) electrons. The Kier molecular flexibility index (Phi) is 5.16. The number of carbonyl (C=O) groups excluding carboxylic acids is 1. The number of aryl methyl sites for hydroxylation is 4. The zero-order chi connectivity index (χ0) is 21.6. The maximum atomic E-state index is 12.6. The lowest BCUT2D eigenvalue weighted by Gasteiger charge is -2.10. The Labute approximate surface area is 178 Å². The molecular formula is C24H22ClNO4. The Hall–Kier alpha value is -3.05. The van der Waals surface area contributed by atoms with Gasteiger partial charge in [0.05, 0.1) is 10.7 Å². The summed E-state index contributed by atoms with van der Waals surface area (Å²) in [4.78, 5) is 25.0. The van der Waals surface area contributed by atoms with Gasteiger partial charge in [0.15, 0.2) is 0 Å². The van der Waals surface area contributed by atoms with Gasteiger partial charge in [0.25, 0.3) is 0 Å². The van der Waals surface area contributed by atoms with Crippen LogP contribution in [0.5, 0.6) is 0 Å². The molecule has 0 saturated heterocycles. The van der Waals surface area contributed by atoms with Crippen molar-refractivity contribution in [2.45, 2.75) is 40.5 Å². The molecule has 2 heterocycles. The zero-order valence-corrected chi connectivity index (χ0v) is 18.1. The van der Waals surface area contributed by atoms with Crippen molar-refractivity contribution in [3.63, 3.8) is 0 Å². The number of benzene rings is 2. The molecule has 0 spiro atoms. The van der Waals surface area contributed by atoms with Gasteiger partial charge in [-0.15, -0.1) is 0 Å². The van der Waals surface area contributed by atoms with Crippen LogP contribution in [-0.2, 0) is 11.2 Å². The van der Waals surface area contributed by atoms with E-state index in [1.807, 2.05) is 39.8 Å². The maximum absolute atomic E-state index is 12.6. The third-order valence-electron chi connectivity index (χ3n) is 5.58. The molecule has 1 N–H and O–H groups in total. The molecule has 154 valence electrons. The fraction of sp³-hybridized carbons (Fsp3) is 0.250. The largest absolute Gasteiger partial charge is 0.461 e. The summed E-state index contributed by atoms with van der Waals surface area (Å²) in [6.45, 7) is 7.73. The van der Waals surface area contributed by atoms with Crippen LogP contribution in [0.1, 0.15) is 34.4 Å². The van der Waals surface area contributed by atoms with Gasteiger partial charge in [-0.2, -0.15) is 0 Å². The van der Waals surface area contributed by atoms with E-state index in [4.69, 9.17) is 20.4 Å². The predicted molar refractivity (Wildman–Crippen MR) is 120 cm³/mol. The van der Waals surface area contributed by atoms with E-state index in [1.54, 1.807) is 18.2 Å². The summed E-state index contributed by atoms with van der Waals surface area (Å²) in [5, 5.41) is 5.13. The van der Waals surface area contributed by atoms with Crippen molar-refractivity contribution < 1.29 is 13.6 Å². The van der Waals surface area contributed by atoms with Crippen molar-refractivity contribution >= 4 is 45.1 Å². The van der Waals surface area contributed by atoms with E-state index < -0.39 is 5.63 Å². The van der Waals surface area contributed by atoms with E-state index in [-0.39, 0.29) is 18.7 Å². The third kappa shape index (κ3) is 3.61. The van der Waals surface area contributed by atoms with Gasteiger partial charge >= 0.3 is 5.63 Å². The number of anilines is 1. The summed E-state index contributed by atoms with van der Waals surface area (Å²) in [6.07, 6.45) is 0.425. The first-order valence-electron chi connectivity index (χ1n) is 9.76.